The van der Waals surface area contributed by atoms with Crippen molar-refractivity contribution in [2.75, 3.05) is 34.4 Å². The standard InChI is InChI=1S/C44H76NO8P/c1-6-8-10-12-14-16-18-20-22-24-26-28-30-32-34-36-43(46)50-40-42(41-52-54(48,49)51-39-38-45(3,4)5)53-44(47)37-35-33-31-29-27-25-23-21-19-17-15-13-11-9-7-2/h9,11,20,22,28,30-31,33,35,37-39,42H,6-8,10,12-19,21,23-27,29,32,34,36,40-41H2,1-5H3/p+1/b11-9-,22-20-,30-28+,33-31-,37-35+,39-38-/t42-/m1/s1. The Morgan fingerprint density at radius 3 is 1.74 bits per heavy atom. The van der Waals surface area contributed by atoms with Gasteiger partial charge in [-0.2, -0.15) is 0 Å². The number of rotatable bonds is 36. The summed E-state index contributed by atoms with van der Waals surface area (Å²) in [5, 5.41) is 0. The molecule has 0 spiro atoms. The van der Waals surface area contributed by atoms with Crippen LogP contribution in [0, 0.1) is 0 Å². The number of phosphoric acid groups is 1. The second-order valence-corrected chi connectivity index (χ2v) is 16.1. The number of hydrogen-bond acceptors (Lipinski definition) is 7. The highest BCUT2D eigenvalue weighted by Crippen LogP contribution is 2.43. The number of quaternary nitrogens is 1. The monoisotopic (exact) mass is 779 g/mol. The van der Waals surface area contributed by atoms with Gasteiger partial charge < -0.3 is 18.5 Å². The van der Waals surface area contributed by atoms with Crippen LogP contribution in [0.25, 0.3) is 0 Å². The second kappa shape index (κ2) is 36.0. The van der Waals surface area contributed by atoms with Crippen molar-refractivity contribution in [3.63, 3.8) is 0 Å². The molecule has 0 rings (SSSR count). The second-order valence-electron chi connectivity index (χ2n) is 14.7. The van der Waals surface area contributed by atoms with E-state index in [-0.39, 0.29) is 13.0 Å². The van der Waals surface area contributed by atoms with Gasteiger partial charge in [0.25, 0.3) is 0 Å². The molecule has 0 aliphatic carbocycles. The smallest absolute Gasteiger partial charge is 0.462 e. The van der Waals surface area contributed by atoms with Gasteiger partial charge in [0.05, 0.1) is 21.1 Å². The van der Waals surface area contributed by atoms with E-state index in [1.54, 1.807) is 18.4 Å². The van der Waals surface area contributed by atoms with Crippen molar-refractivity contribution >= 4 is 19.8 Å². The van der Waals surface area contributed by atoms with Crippen molar-refractivity contribution in [3.05, 3.63) is 73.2 Å². The maximum Gasteiger partial charge on any atom is 0.527 e. The minimum Gasteiger partial charge on any atom is -0.462 e. The Hall–Kier alpha value is -2.71. The van der Waals surface area contributed by atoms with Crippen molar-refractivity contribution in [3.8, 4) is 0 Å². The first-order valence-electron chi connectivity index (χ1n) is 20.8. The van der Waals surface area contributed by atoms with Gasteiger partial charge in [0.15, 0.2) is 6.10 Å². The fraction of sp³-hybridized carbons (Fsp3) is 0.682. The first kappa shape index (κ1) is 51.3. The van der Waals surface area contributed by atoms with E-state index in [0.717, 1.165) is 51.2 Å². The average Bonchev–Trinajstić information content (AvgIpc) is 3.12. The quantitative estimate of drug-likeness (QED) is 0.00979. The SMILES string of the molecule is CC/C=C\CCCCCCCCC/C=C\C=C\C(=O)O[C@H](COC(=O)CCC/C=C/CC/C=C\CCCCCCCC)COP(=O)(O)O/C=C\[N+](C)(C)C. The minimum atomic E-state index is -4.50. The van der Waals surface area contributed by atoms with Crippen LogP contribution in [0.2, 0.25) is 0 Å². The summed E-state index contributed by atoms with van der Waals surface area (Å²) < 4.78 is 33.5. The highest BCUT2D eigenvalue weighted by molar-refractivity contribution is 7.47. The molecule has 310 valence electrons. The summed E-state index contributed by atoms with van der Waals surface area (Å²) in [6.07, 6.45) is 45.9. The summed E-state index contributed by atoms with van der Waals surface area (Å²) in [6, 6.07) is 0. The van der Waals surface area contributed by atoms with Crippen LogP contribution in [0.3, 0.4) is 0 Å². The van der Waals surface area contributed by atoms with Crippen LogP contribution in [0.1, 0.15) is 155 Å². The normalized spacial score (nSPS) is 14.3. The average molecular weight is 779 g/mol. The fourth-order valence-electron chi connectivity index (χ4n) is 5.14. The number of ether oxygens (including phenoxy) is 2. The lowest BCUT2D eigenvalue weighted by molar-refractivity contribution is -0.817. The summed E-state index contributed by atoms with van der Waals surface area (Å²) >= 11 is 0. The highest BCUT2D eigenvalue weighted by Gasteiger charge is 2.26. The summed E-state index contributed by atoms with van der Waals surface area (Å²) in [5.74, 6) is -1.13. The molecule has 0 radical (unpaired) electrons. The Morgan fingerprint density at radius 1 is 0.648 bits per heavy atom. The zero-order valence-corrected chi connectivity index (χ0v) is 35.6. The van der Waals surface area contributed by atoms with E-state index in [1.165, 1.54) is 89.5 Å². The number of allylic oxidation sites excluding steroid dienone is 9. The molecule has 0 aliphatic heterocycles. The molecule has 0 bridgehead atoms. The molecule has 0 saturated heterocycles. The van der Waals surface area contributed by atoms with Crippen LogP contribution >= 0.6 is 7.82 Å². The largest absolute Gasteiger partial charge is 0.527 e. The maximum atomic E-state index is 12.5. The molecular formula is C44H77NO8P+. The van der Waals surface area contributed by atoms with Crippen LogP contribution in [-0.2, 0) is 32.7 Å². The van der Waals surface area contributed by atoms with Crippen molar-refractivity contribution < 1.29 is 42.1 Å². The summed E-state index contributed by atoms with van der Waals surface area (Å²) in [7, 11) is 1.05. The number of carbonyl (C=O) groups is 2. The van der Waals surface area contributed by atoms with E-state index < -0.39 is 32.5 Å². The Bertz CT molecular complexity index is 1150. The molecule has 0 aliphatic rings. The van der Waals surface area contributed by atoms with Gasteiger partial charge in [-0.15, -0.1) is 0 Å². The lowest BCUT2D eigenvalue weighted by Gasteiger charge is -2.19. The molecule has 0 aromatic carbocycles. The fourth-order valence-corrected chi connectivity index (χ4v) is 5.77. The van der Waals surface area contributed by atoms with Crippen LogP contribution in [-0.4, -0.2) is 61.8 Å². The topological polar surface area (TPSA) is 108 Å². The summed E-state index contributed by atoms with van der Waals surface area (Å²) in [6.45, 7) is 3.58. The van der Waals surface area contributed by atoms with Gasteiger partial charge in [-0.25, -0.2) is 9.36 Å². The Morgan fingerprint density at radius 2 is 1.17 bits per heavy atom. The van der Waals surface area contributed by atoms with Crippen molar-refractivity contribution in [2.45, 2.75) is 161 Å². The van der Waals surface area contributed by atoms with E-state index >= 15 is 0 Å². The minimum absolute atomic E-state index is 0.198. The van der Waals surface area contributed by atoms with E-state index in [9.17, 15) is 19.0 Å². The van der Waals surface area contributed by atoms with Gasteiger partial charge in [-0.3, -0.25) is 14.2 Å². The molecule has 0 heterocycles. The molecular weight excluding hydrogens is 701 g/mol. The first-order valence-corrected chi connectivity index (χ1v) is 22.3. The zero-order valence-electron chi connectivity index (χ0n) is 34.7. The number of phosphoric ester groups is 1. The van der Waals surface area contributed by atoms with Gasteiger partial charge in [0.2, 0.25) is 0 Å². The molecule has 0 fully saturated rings. The summed E-state index contributed by atoms with van der Waals surface area (Å²) in [4.78, 5) is 35.1. The summed E-state index contributed by atoms with van der Waals surface area (Å²) in [5.41, 5.74) is 0. The lowest BCUT2D eigenvalue weighted by Crippen LogP contribution is -2.29. The van der Waals surface area contributed by atoms with E-state index in [2.05, 4.69) is 50.3 Å². The van der Waals surface area contributed by atoms with Crippen LogP contribution < -0.4 is 0 Å². The van der Waals surface area contributed by atoms with E-state index in [4.69, 9.17) is 18.5 Å². The van der Waals surface area contributed by atoms with Gasteiger partial charge in [-0.1, -0.05) is 133 Å². The molecule has 0 amide bonds. The van der Waals surface area contributed by atoms with Crippen LogP contribution in [0.5, 0.6) is 0 Å². The van der Waals surface area contributed by atoms with Gasteiger partial charge >= 0.3 is 19.8 Å². The molecule has 9 nitrogen and oxygen atoms in total. The third kappa shape index (κ3) is 39.0. The lowest BCUT2D eigenvalue weighted by atomic mass is 10.1. The Labute approximate surface area is 329 Å². The number of carbonyl (C=O) groups excluding carboxylic acids is 2. The van der Waals surface area contributed by atoms with Crippen molar-refractivity contribution in [1.29, 1.82) is 0 Å². The molecule has 1 unspecified atom stereocenters. The molecule has 54 heavy (non-hydrogen) atoms. The van der Waals surface area contributed by atoms with Crippen molar-refractivity contribution in [1.82, 2.24) is 0 Å². The van der Waals surface area contributed by atoms with E-state index in [0.29, 0.717) is 10.9 Å². The number of esters is 2. The molecule has 1 N–H and O–H groups in total. The number of unbranched alkanes of at least 4 members (excludes halogenated alkanes) is 16. The maximum absolute atomic E-state index is 12.5. The Kier molecular flexibility index (Phi) is 34.2. The first-order chi connectivity index (χ1) is 26.0. The van der Waals surface area contributed by atoms with Gasteiger partial charge in [-0.05, 0) is 70.6 Å². The van der Waals surface area contributed by atoms with Crippen molar-refractivity contribution in [2.24, 2.45) is 0 Å². The molecule has 2 atom stereocenters. The highest BCUT2D eigenvalue weighted by atomic mass is 31.2. The van der Waals surface area contributed by atoms with Crippen LogP contribution in [0.4, 0.5) is 0 Å². The third-order valence-corrected chi connectivity index (χ3v) is 9.14. The number of nitrogens with zero attached hydrogens (tertiary/aromatic N) is 1. The Balaban J connectivity index is 4.59. The molecule has 10 heteroatoms. The molecule has 0 aromatic rings. The van der Waals surface area contributed by atoms with Gasteiger partial charge in [0.1, 0.15) is 25.7 Å². The van der Waals surface area contributed by atoms with Crippen LogP contribution in [0.15, 0.2) is 73.2 Å². The predicted molar refractivity (Wildman–Crippen MR) is 223 cm³/mol. The molecule has 0 aromatic heterocycles. The van der Waals surface area contributed by atoms with E-state index in [1.807, 2.05) is 27.2 Å². The third-order valence-electron chi connectivity index (χ3n) is 8.27. The predicted octanol–water partition coefficient (Wildman–Crippen LogP) is 12.2. The zero-order chi connectivity index (χ0) is 40.0. The number of hydrogen-bond donors (Lipinski definition) is 1. The van der Waals surface area contributed by atoms with Gasteiger partial charge in [0, 0.05) is 12.5 Å². The molecule has 0 saturated carbocycles.